The van der Waals surface area contributed by atoms with Gasteiger partial charge in [-0.15, -0.1) is 11.4 Å². The normalized spacial score (nSPS) is 13.3. The van der Waals surface area contributed by atoms with Crippen molar-refractivity contribution in [3.05, 3.63) is 0 Å². The Balaban J connectivity index is 0. The van der Waals surface area contributed by atoms with Crippen LogP contribution in [0.15, 0.2) is 0 Å². The Hall–Kier alpha value is 2.56. The van der Waals surface area contributed by atoms with Crippen LogP contribution in [-0.2, 0) is 16.3 Å². The molecule has 0 fully saturated rings. The van der Waals surface area contributed by atoms with E-state index in [9.17, 15) is 4.89 Å². The smallest absolute Gasteiger partial charge is 0.793 e. The Morgan fingerprint density at radius 2 is 1.08 bits per heavy atom. The minimum Gasteiger partial charge on any atom is -0.793 e. The fraction of sp³-hybridized carbons (Fsp3) is 1.00. The molecule has 0 radical (unpaired) electrons. The first-order chi connectivity index (χ1) is 12.1. The molecule has 2 nitrogen and oxygen atoms in total. The van der Waals surface area contributed by atoms with Gasteiger partial charge in [0, 0.05) is 5.69 Å². The molecule has 0 aliphatic heterocycles. The van der Waals surface area contributed by atoms with Gasteiger partial charge in [-0.3, -0.25) is 0 Å². The maximum absolute atomic E-state index is 12.2. The van der Waals surface area contributed by atoms with E-state index in [1.807, 2.05) is 0 Å². The summed E-state index contributed by atoms with van der Waals surface area (Å²) in [7, 11) is 0. The molecule has 0 aromatic carbocycles. The summed E-state index contributed by atoms with van der Waals surface area (Å²) in [6.45, 7) is 5.07. The zero-order valence-electron chi connectivity index (χ0n) is 17.8. The molecule has 0 N–H and O–H groups in total. The Kier molecular flexibility index (Phi) is 28.2. The topological polar surface area (TPSA) is 32.3 Å². The van der Waals surface area contributed by atoms with Crippen LogP contribution in [0.4, 0.5) is 0 Å². The summed E-state index contributed by atoms with van der Waals surface area (Å²) in [6.07, 6.45) is 20.5. The standard InChI is InChI=1S/C20H43O2PS2.K/c1-3-5-7-9-11-13-15-17-19-22-23(21,24)25-20-18-16-14-12-10-8-6-4-2;/h3-20H2,1-2H3,(H,21,24);/q;+1/p-1. The summed E-state index contributed by atoms with van der Waals surface area (Å²) in [5, 5.41) is 0. The maximum atomic E-state index is 12.2. The molecule has 1 atom stereocenters. The summed E-state index contributed by atoms with van der Waals surface area (Å²) in [4.78, 5) is 12.2. The average molecular weight is 449 g/mol. The second-order valence-electron chi connectivity index (χ2n) is 7.06. The van der Waals surface area contributed by atoms with Crippen molar-refractivity contribution in [2.45, 2.75) is 117 Å². The third kappa shape index (κ3) is 24.6. The summed E-state index contributed by atoms with van der Waals surface area (Å²) in [6, 6.07) is 0. The molecular weight excluding hydrogens is 406 g/mol. The summed E-state index contributed by atoms with van der Waals surface area (Å²) in [5.74, 6) is 0.882. The van der Waals surface area contributed by atoms with E-state index in [4.69, 9.17) is 16.3 Å². The van der Waals surface area contributed by atoms with Crippen molar-refractivity contribution in [1.82, 2.24) is 0 Å². The first kappa shape index (κ1) is 30.7. The number of rotatable bonds is 20. The van der Waals surface area contributed by atoms with Gasteiger partial charge in [-0.25, -0.2) is 0 Å². The van der Waals surface area contributed by atoms with Crippen molar-refractivity contribution >= 4 is 28.9 Å². The van der Waals surface area contributed by atoms with Gasteiger partial charge in [0.15, 0.2) is 0 Å². The Labute approximate surface area is 216 Å². The van der Waals surface area contributed by atoms with Gasteiger partial charge in [0.1, 0.15) is 0 Å². The molecule has 0 aliphatic carbocycles. The van der Waals surface area contributed by atoms with Crippen LogP contribution in [-0.4, -0.2) is 12.4 Å². The largest absolute Gasteiger partial charge is 1.00 e. The van der Waals surface area contributed by atoms with Crippen molar-refractivity contribution in [2.75, 3.05) is 12.4 Å². The van der Waals surface area contributed by atoms with E-state index in [0.717, 1.165) is 18.6 Å². The van der Waals surface area contributed by atoms with E-state index < -0.39 is 5.69 Å². The molecule has 0 saturated heterocycles. The van der Waals surface area contributed by atoms with Crippen LogP contribution in [0.2, 0.25) is 0 Å². The number of hydrogen-bond donors (Lipinski definition) is 0. The quantitative estimate of drug-likeness (QED) is 0.155. The summed E-state index contributed by atoms with van der Waals surface area (Å²) >= 11 is 6.51. The minimum absolute atomic E-state index is 0. The predicted octanol–water partition coefficient (Wildman–Crippen LogP) is 4.61. The van der Waals surface area contributed by atoms with E-state index in [1.54, 1.807) is 0 Å². The molecule has 0 heterocycles. The van der Waals surface area contributed by atoms with Crippen LogP contribution < -0.4 is 56.3 Å². The van der Waals surface area contributed by atoms with Crippen molar-refractivity contribution < 1.29 is 60.8 Å². The molecule has 6 heteroatoms. The molecule has 0 aromatic heterocycles. The van der Waals surface area contributed by atoms with Crippen molar-refractivity contribution in [2.24, 2.45) is 0 Å². The van der Waals surface area contributed by atoms with Crippen molar-refractivity contribution in [3.63, 3.8) is 0 Å². The van der Waals surface area contributed by atoms with Gasteiger partial charge < -0.3 is 9.42 Å². The van der Waals surface area contributed by atoms with Crippen molar-refractivity contribution in [1.29, 1.82) is 0 Å². The molecule has 152 valence electrons. The third-order valence-electron chi connectivity index (χ3n) is 4.49. The monoisotopic (exact) mass is 448 g/mol. The van der Waals surface area contributed by atoms with Gasteiger partial charge in [0.05, 0.1) is 6.61 Å². The fourth-order valence-electron chi connectivity index (χ4n) is 2.86. The molecule has 26 heavy (non-hydrogen) atoms. The molecule has 0 saturated carbocycles. The predicted molar refractivity (Wildman–Crippen MR) is 118 cm³/mol. The maximum Gasteiger partial charge on any atom is 1.00 e. The summed E-state index contributed by atoms with van der Waals surface area (Å²) < 4.78 is 5.48. The van der Waals surface area contributed by atoms with E-state index >= 15 is 0 Å². The third-order valence-corrected chi connectivity index (χ3v) is 8.86. The summed E-state index contributed by atoms with van der Waals surface area (Å²) in [5.41, 5.74) is -2.83. The van der Waals surface area contributed by atoms with Crippen LogP contribution in [0.3, 0.4) is 0 Å². The van der Waals surface area contributed by atoms with Gasteiger partial charge in [0.25, 0.3) is 0 Å². The van der Waals surface area contributed by atoms with E-state index in [0.29, 0.717) is 6.61 Å². The first-order valence-corrected chi connectivity index (χ1v) is 15.0. The fourth-order valence-corrected chi connectivity index (χ4v) is 6.25. The van der Waals surface area contributed by atoms with Crippen LogP contribution in [0.1, 0.15) is 117 Å². The Morgan fingerprint density at radius 3 is 1.54 bits per heavy atom. The van der Waals surface area contributed by atoms with Crippen LogP contribution in [0.5, 0.6) is 0 Å². The molecule has 0 bridgehead atoms. The SMILES string of the molecule is CCCCCCCCCCOP([O-])(=S)SCCCCCCCCCC.[K+]. The Morgan fingerprint density at radius 1 is 0.692 bits per heavy atom. The number of unbranched alkanes of at least 4 members (excludes halogenated alkanes) is 14. The van der Waals surface area contributed by atoms with Gasteiger partial charge in [-0.2, -0.15) is 0 Å². The molecular formula is C20H42KO2PS2. The van der Waals surface area contributed by atoms with E-state index in [-0.39, 0.29) is 51.4 Å². The molecule has 0 spiro atoms. The second-order valence-corrected chi connectivity index (χ2v) is 13.2. The molecule has 0 rings (SSSR count). The zero-order chi connectivity index (χ0) is 18.6. The average Bonchev–Trinajstić information content (AvgIpc) is 2.59. The van der Waals surface area contributed by atoms with Gasteiger partial charge in [0.2, 0.25) is 0 Å². The van der Waals surface area contributed by atoms with Crippen LogP contribution in [0.25, 0.3) is 0 Å². The van der Waals surface area contributed by atoms with Crippen molar-refractivity contribution in [3.8, 4) is 0 Å². The Bertz CT molecular complexity index is 294. The van der Waals surface area contributed by atoms with E-state index in [1.165, 1.54) is 101 Å². The molecule has 0 aliphatic rings. The van der Waals surface area contributed by atoms with E-state index in [2.05, 4.69) is 13.8 Å². The zero-order valence-corrected chi connectivity index (χ0v) is 23.5. The van der Waals surface area contributed by atoms with Gasteiger partial charge >= 0.3 is 51.4 Å². The first-order valence-electron chi connectivity index (χ1n) is 10.7. The molecule has 0 aromatic rings. The van der Waals surface area contributed by atoms with Crippen LogP contribution in [0, 0.1) is 0 Å². The second kappa shape index (κ2) is 23.8. The van der Waals surface area contributed by atoms with Crippen LogP contribution >= 0.6 is 17.1 Å². The van der Waals surface area contributed by atoms with Gasteiger partial charge in [-0.05, 0) is 18.6 Å². The number of hydrogen-bond acceptors (Lipinski definition) is 4. The molecule has 0 amide bonds. The minimum atomic E-state index is -2.83. The van der Waals surface area contributed by atoms with Gasteiger partial charge in [-0.1, -0.05) is 116 Å². The molecule has 1 unspecified atom stereocenters.